The predicted octanol–water partition coefficient (Wildman–Crippen LogP) is 4.28. The van der Waals surface area contributed by atoms with Gasteiger partial charge in [-0.3, -0.25) is 4.79 Å². The van der Waals surface area contributed by atoms with Crippen LogP contribution in [0.15, 0.2) is 66.2 Å². The number of ether oxygens (including phenoxy) is 2. The topological polar surface area (TPSA) is 86.7 Å². The number of likely N-dealkylation sites (tertiary alicyclic amines) is 1. The third-order valence-electron chi connectivity index (χ3n) is 5.98. The van der Waals surface area contributed by atoms with E-state index in [1.165, 1.54) is 22.3 Å². The quantitative estimate of drug-likeness (QED) is 0.181. The molecule has 2 heterocycles. The second-order valence-corrected chi connectivity index (χ2v) is 8.39. The van der Waals surface area contributed by atoms with Crippen molar-refractivity contribution in [1.29, 1.82) is 0 Å². The zero-order valence-corrected chi connectivity index (χ0v) is 20.3. The molecule has 0 aromatic heterocycles. The summed E-state index contributed by atoms with van der Waals surface area (Å²) in [7, 11) is 0. The average Bonchev–Trinajstić information content (AvgIpc) is 3.43. The minimum Gasteiger partial charge on any atom is -0.460 e. The highest BCUT2D eigenvalue weighted by atomic mass is 17.6. The van der Waals surface area contributed by atoms with E-state index in [0.717, 1.165) is 38.9 Å². The number of carbonyl (C=O) groups is 1. The minimum atomic E-state index is -0.101. The number of esters is 1. The SMILES string of the molecule is C#CCOOOO.O=C(CCN1CCC(=C(c2ccccc2)c2ccccc2)CC1)OC1CCOC1. The standard InChI is InChI=1S/C25H29NO3.C3H4O4/c27-24(29-23-14-18-28-19-23)13-17-26-15-11-22(12-16-26)25(20-7-3-1-4-8-20)21-9-5-2-6-10-21;1-2-3-5-7-6-4/h1-10,23H,11-19H2;1,4H,3H2. The van der Waals surface area contributed by atoms with E-state index < -0.39 is 0 Å². The van der Waals surface area contributed by atoms with Crippen molar-refractivity contribution in [2.45, 2.75) is 31.8 Å². The molecule has 0 bridgehead atoms. The Balaban J connectivity index is 0.000000454. The Morgan fingerprint density at radius 1 is 1.06 bits per heavy atom. The summed E-state index contributed by atoms with van der Waals surface area (Å²) in [5, 5.41) is 13.9. The van der Waals surface area contributed by atoms with Gasteiger partial charge in [0.15, 0.2) is 0 Å². The van der Waals surface area contributed by atoms with Crippen molar-refractivity contribution in [1.82, 2.24) is 4.90 Å². The first-order valence-electron chi connectivity index (χ1n) is 12.1. The highest BCUT2D eigenvalue weighted by Gasteiger charge is 2.22. The molecule has 0 saturated carbocycles. The van der Waals surface area contributed by atoms with Crippen LogP contribution in [-0.2, 0) is 29.2 Å². The summed E-state index contributed by atoms with van der Waals surface area (Å²) >= 11 is 0. The summed E-state index contributed by atoms with van der Waals surface area (Å²) in [5.41, 5.74) is 5.44. The van der Waals surface area contributed by atoms with Gasteiger partial charge in [-0.05, 0) is 39.6 Å². The predicted molar refractivity (Wildman–Crippen MR) is 134 cm³/mol. The molecule has 0 spiro atoms. The van der Waals surface area contributed by atoms with Gasteiger partial charge in [0.1, 0.15) is 12.7 Å². The van der Waals surface area contributed by atoms with Crippen LogP contribution >= 0.6 is 0 Å². The number of rotatable bonds is 9. The van der Waals surface area contributed by atoms with Gasteiger partial charge in [-0.2, -0.15) is 4.89 Å². The third-order valence-corrected chi connectivity index (χ3v) is 5.98. The molecule has 0 radical (unpaired) electrons. The zero-order chi connectivity index (χ0) is 25.4. The molecule has 0 amide bonds. The summed E-state index contributed by atoms with van der Waals surface area (Å²) in [6, 6.07) is 21.4. The average molecular weight is 496 g/mol. The lowest BCUT2D eigenvalue weighted by atomic mass is 9.88. The van der Waals surface area contributed by atoms with Gasteiger partial charge in [0.2, 0.25) is 0 Å². The second-order valence-electron chi connectivity index (χ2n) is 8.39. The maximum atomic E-state index is 12.1. The van der Waals surface area contributed by atoms with E-state index in [1.54, 1.807) is 0 Å². The Bertz CT molecular complexity index is 930. The highest BCUT2D eigenvalue weighted by molar-refractivity contribution is 5.82. The number of benzene rings is 2. The van der Waals surface area contributed by atoms with Gasteiger partial charge in [0.05, 0.1) is 19.6 Å². The van der Waals surface area contributed by atoms with E-state index in [1.807, 2.05) is 0 Å². The number of nitrogens with zero attached hydrogens (tertiary/aromatic N) is 1. The molecule has 0 aliphatic carbocycles. The van der Waals surface area contributed by atoms with E-state index in [9.17, 15) is 4.79 Å². The molecule has 8 heteroatoms. The molecule has 8 nitrogen and oxygen atoms in total. The Kier molecular flexibility index (Phi) is 12.1. The van der Waals surface area contributed by atoms with Crippen molar-refractivity contribution in [2.75, 3.05) is 39.5 Å². The third kappa shape index (κ3) is 9.21. The van der Waals surface area contributed by atoms with Crippen LogP contribution in [0.1, 0.15) is 36.8 Å². The second kappa shape index (κ2) is 15.9. The molecule has 2 aromatic carbocycles. The van der Waals surface area contributed by atoms with Gasteiger partial charge in [-0.1, -0.05) is 72.2 Å². The van der Waals surface area contributed by atoms with Crippen LogP contribution in [0.2, 0.25) is 0 Å². The monoisotopic (exact) mass is 495 g/mol. The van der Waals surface area contributed by atoms with Crippen LogP contribution in [0.3, 0.4) is 0 Å². The fourth-order valence-electron chi connectivity index (χ4n) is 4.26. The molecular weight excluding hydrogens is 462 g/mol. The molecule has 1 N–H and O–H groups in total. The van der Waals surface area contributed by atoms with Gasteiger partial charge in [-0.15, -0.1) is 6.42 Å². The van der Waals surface area contributed by atoms with Gasteiger partial charge in [0.25, 0.3) is 0 Å². The van der Waals surface area contributed by atoms with Crippen LogP contribution in [-0.4, -0.2) is 61.7 Å². The van der Waals surface area contributed by atoms with Crippen LogP contribution < -0.4 is 0 Å². The summed E-state index contributed by atoms with van der Waals surface area (Å²) in [5.74, 6) is 1.96. The fourth-order valence-corrected chi connectivity index (χ4v) is 4.26. The number of hydrogen-bond donors (Lipinski definition) is 1. The van der Waals surface area contributed by atoms with Crippen molar-refractivity contribution < 1.29 is 34.5 Å². The van der Waals surface area contributed by atoms with E-state index in [4.69, 9.17) is 14.7 Å². The van der Waals surface area contributed by atoms with Crippen LogP contribution in [0.5, 0.6) is 0 Å². The molecule has 2 aromatic rings. The molecule has 1 atom stereocenters. The van der Waals surface area contributed by atoms with Gasteiger partial charge >= 0.3 is 5.97 Å². The van der Waals surface area contributed by atoms with E-state index in [0.29, 0.717) is 19.6 Å². The Labute approximate surface area is 212 Å². The molecule has 2 aliphatic heterocycles. The summed E-state index contributed by atoms with van der Waals surface area (Å²) < 4.78 is 10.7. The van der Waals surface area contributed by atoms with E-state index >= 15 is 0 Å². The zero-order valence-electron chi connectivity index (χ0n) is 20.3. The largest absolute Gasteiger partial charge is 0.460 e. The van der Waals surface area contributed by atoms with Gasteiger partial charge in [0, 0.05) is 26.1 Å². The number of terminal acetylenes is 1. The van der Waals surface area contributed by atoms with Crippen molar-refractivity contribution in [3.05, 3.63) is 77.4 Å². The van der Waals surface area contributed by atoms with Gasteiger partial charge < -0.3 is 14.4 Å². The first-order valence-corrected chi connectivity index (χ1v) is 12.1. The van der Waals surface area contributed by atoms with Crippen LogP contribution in [0.25, 0.3) is 5.57 Å². The number of piperidine rings is 1. The van der Waals surface area contributed by atoms with Gasteiger partial charge in [-0.25, -0.2) is 5.26 Å². The summed E-state index contributed by atoms with van der Waals surface area (Å²) in [6.07, 6.45) is 7.98. The normalized spacial score (nSPS) is 17.6. The lowest BCUT2D eigenvalue weighted by molar-refractivity contribution is -0.620. The minimum absolute atomic E-state index is 0.0438. The Morgan fingerprint density at radius 3 is 2.22 bits per heavy atom. The molecule has 1 unspecified atom stereocenters. The molecule has 2 fully saturated rings. The van der Waals surface area contributed by atoms with Crippen molar-refractivity contribution in [3.63, 3.8) is 0 Å². The van der Waals surface area contributed by atoms with E-state index in [2.05, 4.69) is 92.9 Å². The summed E-state index contributed by atoms with van der Waals surface area (Å²) in [6.45, 7) is 3.93. The van der Waals surface area contributed by atoms with Crippen LogP contribution in [0, 0.1) is 12.3 Å². The summed E-state index contributed by atoms with van der Waals surface area (Å²) in [4.78, 5) is 18.4. The Morgan fingerprint density at radius 2 is 1.69 bits per heavy atom. The first-order chi connectivity index (χ1) is 17.7. The highest BCUT2D eigenvalue weighted by Crippen LogP contribution is 2.32. The maximum Gasteiger partial charge on any atom is 0.307 e. The molecule has 192 valence electrons. The van der Waals surface area contributed by atoms with E-state index in [-0.39, 0.29) is 18.7 Å². The molecule has 36 heavy (non-hydrogen) atoms. The molecule has 2 saturated heterocycles. The smallest absolute Gasteiger partial charge is 0.307 e. The number of hydrogen-bond acceptors (Lipinski definition) is 8. The molecular formula is C28H33NO7. The van der Waals surface area contributed by atoms with Crippen molar-refractivity contribution in [2.24, 2.45) is 0 Å². The maximum absolute atomic E-state index is 12.1. The number of carbonyl (C=O) groups excluding carboxylic acids is 1. The van der Waals surface area contributed by atoms with Crippen molar-refractivity contribution in [3.8, 4) is 12.3 Å². The molecule has 2 aliphatic rings. The van der Waals surface area contributed by atoms with Crippen LogP contribution in [0.4, 0.5) is 0 Å². The first kappa shape index (κ1) is 27.6. The fraction of sp³-hybridized carbons (Fsp3) is 0.393. The Hall–Kier alpha value is -3.03. The van der Waals surface area contributed by atoms with Crippen molar-refractivity contribution >= 4 is 11.5 Å². The lowest BCUT2D eigenvalue weighted by Gasteiger charge is -2.30. The molecule has 4 rings (SSSR count). The lowest BCUT2D eigenvalue weighted by Crippen LogP contribution is -2.33.